The van der Waals surface area contributed by atoms with Gasteiger partial charge in [0.15, 0.2) is 0 Å². The number of anilines is 1. The minimum Gasteiger partial charge on any atom is -0.487 e. The lowest BCUT2D eigenvalue weighted by Gasteiger charge is -2.30. The van der Waals surface area contributed by atoms with Crippen LogP contribution in [0.5, 0.6) is 5.75 Å². The van der Waals surface area contributed by atoms with Crippen molar-refractivity contribution in [3.8, 4) is 5.75 Å². The maximum absolute atomic E-state index is 5.97. The van der Waals surface area contributed by atoms with Crippen molar-refractivity contribution in [1.82, 2.24) is 10.3 Å². The summed E-state index contributed by atoms with van der Waals surface area (Å²) in [6.07, 6.45) is 3.62. The second kappa shape index (κ2) is 6.39. The second-order valence-electron chi connectivity index (χ2n) is 4.85. The van der Waals surface area contributed by atoms with Crippen molar-refractivity contribution in [2.75, 3.05) is 31.1 Å². The van der Waals surface area contributed by atoms with Crippen LogP contribution in [-0.4, -0.2) is 31.2 Å². The van der Waals surface area contributed by atoms with Gasteiger partial charge in [-0.15, -0.1) is 0 Å². The fraction of sp³-hybridized carbons (Fsp3) is 0.312. The van der Waals surface area contributed by atoms with Crippen molar-refractivity contribution in [1.29, 1.82) is 0 Å². The third kappa shape index (κ3) is 3.08. The Hall–Kier alpha value is -2.07. The number of benzene rings is 1. The molecule has 0 bridgehead atoms. The van der Waals surface area contributed by atoms with E-state index in [1.54, 1.807) is 6.20 Å². The summed E-state index contributed by atoms with van der Waals surface area (Å²) in [4.78, 5) is 6.48. The van der Waals surface area contributed by atoms with Crippen LogP contribution in [0.2, 0.25) is 0 Å². The molecule has 1 N–H and O–H groups in total. The molecule has 2 heterocycles. The molecule has 0 radical (unpaired) electrons. The molecule has 1 aliphatic heterocycles. The SMILES string of the molecule is c1cncc(COc2ccccc2N2CCNCC2)c1. The van der Waals surface area contributed by atoms with Gasteiger partial charge in [0.1, 0.15) is 12.4 Å². The van der Waals surface area contributed by atoms with Gasteiger partial charge < -0.3 is 15.0 Å². The molecule has 4 heteroatoms. The molecule has 0 spiro atoms. The predicted molar refractivity (Wildman–Crippen MR) is 80.1 cm³/mol. The normalized spacial score (nSPS) is 15.1. The lowest BCUT2D eigenvalue weighted by molar-refractivity contribution is 0.305. The van der Waals surface area contributed by atoms with E-state index in [1.165, 1.54) is 5.69 Å². The van der Waals surface area contributed by atoms with Crippen molar-refractivity contribution < 1.29 is 4.74 Å². The van der Waals surface area contributed by atoms with E-state index in [0.29, 0.717) is 6.61 Å². The average molecular weight is 269 g/mol. The minimum atomic E-state index is 0.553. The highest BCUT2D eigenvalue weighted by atomic mass is 16.5. The maximum atomic E-state index is 5.97. The van der Waals surface area contributed by atoms with Gasteiger partial charge in [0.05, 0.1) is 5.69 Å². The van der Waals surface area contributed by atoms with Gasteiger partial charge in [0.2, 0.25) is 0 Å². The Morgan fingerprint density at radius 2 is 1.95 bits per heavy atom. The summed E-state index contributed by atoms with van der Waals surface area (Å²) in [5, 5.41) is 3.37. The molecule has 1 aliphatic rings. The molecule has 1 fully saturated rings. The van der Waals surface area contributed by atoms with Gasteiger partial charge in [-0.3, -0.25) is 4.98 Å². The Morgan fingerprint density at radius 3 is 2.75 bits per heavy atom. The van der Waals surface area contributed by atoms with E-state index in [-0.39, 0.29) is 0 Å². The molecule has 1 aromatic carbocycles. The lowest BCUT2D eigenvalue weighted by atomic mass is 10.2. The fourth-order valence-electron chi connectivity index (χ4n) is 2.39. The monoisotopic (exact) mass is 269 g/mol. The molecule has 0 atom stereocenters. The Morgan fingerprint density at radius 1 is 1.10 bits per heavy atom. The number of hydrogen-bond acceptors (Lipinski definition) is 4. The van der Waals surface area contributed by atoms with Gasteiger partial charge in [-0.05, 0) is 18.2 Å². The zero-order chi connectivity index (χ0) is 13.6. The van der Waals surface area contributed by atoms with E-state index in [2.05, 4.69) is 27.3 Å². The number of ether oxygens (including phenoxy) is 1. The van der Waals surface area contributed by atoms with Gasteiger partial charge in [0.25, 0.3) is 0 Å². The van der Waals surface area contributed by atoms with Crippen LogP contribution < -0.4 is 15.0 Å². The molecule has 4 nitrogen and oxygen atoms in total. The second-order valence-corrected chi connectivity index (χ2v) is 4.85. The molecular weight excluding hydrogens is 250 g/mol. The van der Waals surface area contributed by atoms with E-state index in [0.717, 1.165) is 37.5 Å². The van der Waals surface area contributed by atoms with Crippen LogP contribution in [0.15, 0.2) is 48.8 Å². The summed E-state index contributed by atoms with van der Waals surface area (Å²) in [6, 6.07) is 12.2. The number of nitrogens with one attached hydrogen (secondary N) is 1. The van der Waals surface area contributed by atoms with Crippen molar-refractivity contribution in [3.05, 3.63) is 54.4 Å². The van der Waals surface area contributed by atoms with Crippen LogP contribution in [0.1, 0.15) is 5.56 Å². The van der Waals surface area contributed by atoms with Gasteiger partial charge in [-0.1, -0.05) is 18.2 Å². The minimum absolute atomic E-state index is 0.553. The number of piperazine rings is 1. The van der Waals surface area contributed by atoms with Crippen LogP contribution in [0.4, 0.5) is 5.69 Å². The van der Waals surface area contributed by atoms with E-state index in [4.69, 9.17) is 4.74 Å². The summed E-state index contributed by atoms with van der Waals surface area (Å²) in [7, 11) is 0. The van der Waals surface area contributed by atoms with Crippen molar-refractivity contribution in [3.63, 3.8) is 0 Å². The summed E-state index contributed by atoms with van der Waals surface area (Å²) in [6.45, 7) is 4.64. The number of nitrogens with zero attached hydrogens (tertiary/aromatic N) is 2. The smallest absolute Gasteiger partial charge is 0.143 e. The highest BCUT2D eigenvalue weighted by molar-refractivity contribution is 5.58. The van der Waals surface area contributed by atoms with Crippen molar-refractivity contribution in [2.24, 2.45) is 0 Å². The first kappa shape index (κ1) is 12.9. The van der Waals surface area contributed by atoms with Gasteiger partial charge in [-0.2, -0.15) is 0 Å². The van der Waals surface area contributed by atoms with E-state index >= 15 is 0 Å². The predicted octanol–water partition coefficient (Wildman–Crippen LogP) is 2.07. The number of hydrogen-bond donors (Lipinski definition) is 1. The topological polar surface area (TPSA) is 37.4 Å². The zero-order valence-electron chi connectivity index (χ0n) is 11.5. The highest BCUT2D eigenvalue weighted by Crippen LogP contribution is 2.28. The standard InChI is InChI=1S/C16H19N3O/c1-2-6-16(20-13-14-4-3-7-18-12-14)15(5-1)19-10-8-17-9-11-19/h1-7,12,17H,8-11,13H2. The van der Waals surface area contributed by atoms with Crippen LogP contribution >= 0.6 is 0 Å². The van der Waals surface area contributed by atoms with Crippen LogP contribution in [0.25, 0.3) is 0 Å². The van der Waals surface area contributed by atoms with E-state index < -0.39 is 0 Å². The molecule has 20 heavy (non-hydrogen) atoms. The summed E-state index contributed by atoms with van der Waals surface area (Å²) >= 11 is 0. The largest absolute Gasteiger partial charge is 0.487 e. The number of pyridine rings is 1. The average Bonchev–Trinajstić information content (AvgIpc) is 2.55. The molecule has 3 rings (SSSR count). The summed E-state index contributed by atoms with van der Waals surface area (Å²) in [5.41, 5.74) is 2.26. The summed E-state index contributed by atoms with van der Waals surface area (Å²) < 4.78 is 5.97. The van der Waals surface area contributed by atoms with Crippen molar-refractivity contribution in [2.45, 2.75) is 6.61 Å². The van der Waals surface area contributed by atoms with Crippen LogP contribution in [0, 0.1) is 0 Å². The maximum Gasteiger partial charge on any atom is 0.143 e. The number of aromatic nitrogens is 1. The number of rotatable bonds is 4. The highest BCUT2D eigenvalue weighted by Gasteiger charge is 2.14. The Kier molecular flexibility index (Phi) is 4.13. The zero-order valence-corrected chi connectivity index (χ0v) is 11.5. The third-order valence-corrected chi connectivity index (χ3v) is 3.44. The molecule has 0 unspecified atom stereocenters. The molecule has 104 valence electrons. The lowest BCUT2D eigenvalue weighted by Crippen LogP contribution is -2.43. The fourth-order valence-corrected chi connectivity index (χ4v) is 2.39. The molecule has 1 aromatic heterocycles. The molecule has 0 amide bonds. The number of para-hydroxylation sites is 2. The Bertz CT molecular complexity index is 538. The first-order valence-corrected chi connectivity index (χ1v) is 7.00. The van der Waals surface area contributed by atoms with Crippen LogP contribution in [0.3, 0.4) is 0 Å². The van der Waals surface area contributed by atoms with Gasteiger partial charge in [-0.25, -0.2) is 0 Å². The van der Waals surface area contributed by atoms with Gasteiger partial charge >= 0.3 is 0 Å². The molecule has 2 aromatic rings. The Balaban J connectivity index is 1.72. The van der Waals surface area contributed by atoms with E-state index in [1.807, 2.05) is 30.5 Å². The quantitative estimate of drug-likeness (QED) is 0.922. The van der Waals surface area contributed by atoms with Crippen LogP contribution in [-0.2, 0) is 6.61 Å². The molecule has 0 aliphatic carbocycles. The third-order valence-electron chi connectivity index (χ3n) is 3.44. The Labute approximate surface area is 119 Å². The molecular formula is C16H19N3O. The first-order chi connectivity index (χ1) is 9.93. The summed E-state index contributed by atoms with van der Waals surface area (Å²) in [5.74, 6) is 0.943. The first-order valence-electron chi connectivity index (χ1n) is 7.00. The van der Waals surface area contributed by atoms with E-state index in [9.17, 15) is 0 Å². The van der Waals surface area contributed by atoms with Gasteiger partial charge in [0, 0.05) is 44.1 Å². The molecule has 0 saturated carbocycles. The molecule has 1 saturated heterocycles. The van der Waals surface area contributed by atoms with Crippen molar-refractivity contribution >= 4 is 5.69 Å².